The van der Waals surface area contributed by atoms with E-state index in [0.29, 0.717) is 11.3 Å². The fourth-order valence-corrected chi connectivity index (χ4v) is 1.91. The molecule has 0 fully saturated rings. The summed E-state index contributed by atoms with van der Waals surface area (Å²) in [6.07, 6.45) is 2.88. The number of benzene rings is 1. The number of ether oxygens (including phenoxy) is 1. The Morgan fingerprint density at radius 2 is 1.88 bits per heavy atom. The smallest absolute Gasteiger partial charge is 0.302 e. The van der Waals surface area contributed by atoms with E-state index in [-0.39, 0.29) is 18.8 Å². The van der Waals surface area contributed by atoms with Gasteiger partial charge in [-0.2, -0.15) is 0 Å². The second-order valence-corrected chi connectivity index (χ2v) is 4.99. The van der Waals surface area contributed by atoms with Crippen LogP contribution in [0.5, 0.6) is 0 Å². The lowest BCUT2D eigenvalue weighted by atomic mass is 10.2. The first-order chi connectivity index (χ1) is 12.1. The first kappa shape index (κ1) is 18.0. The summed E-state index contributed by atoms with van der Waals surface area (Å²) >= 11 is 0. The molecule has 7 heteroatoms. The minimum Gasteiger partial charge on any atom is -0.465 e. The monoisotopic (exact) mass is 342 g/mol. The van der Waals surface area contributed by atoms with E-state index in [1.807, 2.05) is 0 Å². The van der Waals surface area contributed by atoms with E-state index in [2.05, 4.69) is 10.6 Å². The standard InChI is InChI=1S/C18H18N2O5/c1-13(21)24-11-9-19-18(23)16(12-15-8-5-10-25-15)20-17(22)14-6-3-2-4-7-14/h2-8,10,12H,9,11H2,1H3,(H,19,23)(H,20,22)/b16-12-. The molecule has 0 radical (unpaired) electrons. The molecule has 0 aliphatic rings. The largest absolute Gasteiger partial charge is 0.465 e. The average Bonchev–Trinajstić information content (AvgIpc) is 3.11. The topological polar surface area (TPSA) is 97.6 Å². The van der Waals surface area contributed by atoms with E-state index in [1.54, 1.807) is 42.5 Å². The van der Waals surface area contributed by atoms with Crippen molar-refractivity contribution in [1.82, 2.24) is 10.6 Å². The van der Waals surface area contributed by atoms with Crippen molar-refractivity contribution in [2.75, 3.05) is 13.2 Å². The first-order valence-electron chi connectivity index (χ1n) is 7.59. The Labute approximate surface area is 144 Å². The zero-order valence-corrected chi connectivity index (χ0v) is 13.7. The van der Waals surface area contributed by atoms with E-state index < -0.39 is 17.8 Å². The van der Waals surface area contributed by atoms with Gasteiger partial charge in [-0.15, -0.1) is 0 Å². The van der Waals surface area contributed by atoms with Crippen molar-refractivity contribution < 1.29 is 23.5 Å². The van der Waals surface area contributed by atoms with Crippen LogP contribution < -0.4 is 10.6 Å². The molecule has 0 atom stereocenters. The zero-order valence-electron chi connectivity index (χ0n) is 13.7. The molecule has 7 nitrogen and oxygen atoms in total. The van der Waals surface area contributed by atoms with Crippen LogP contribution in [-0.2, 0) is 14.3 Å². The third-order valence-electron chi connectivity index (χ3n) is 3.05. The molecule has 2 rings (SSSR count). The number of hydrogen-bond donors (Lipinski definition) is 2. The molecule has 25 heavy (non-hydrogen) atoms. The van der Waals surface area contributed by atoms with Crippen LogP contribution in [0.1, 0.15) is 23.0 Å². The number of rotatable bonds is 7. The Morgan fingerprint density at radius 3 is 2.52 bits per heavy atom. The first-order valence-corrected chi connectivity index (χ1v) is 7.59. The number of hydrogen-bond acceptors (Lipinski definition) is 5. The Kier molecular flexibility index (Phi) is 6.53. The van der Waals surface area contributed by atoms with Crippen LogP contribution in [-0.4, -0.2) is 30.9 Å². The van der Waals surface area contributed by atoms with Crippen molar-refractivity contribution >= 4 is 23.9 Å². The normalized spacial score (nSPS) is 10.8. The van der Waals surface area contributed by atoms with Crippen molar-refractivity contribution in [1.29, 1.82) is 0 Å². The van der Waals surface area contributed by atoms with Crippen LogP contribution >= 0.6 is 0 Å². The molecule has 0 saturated heterocycles. The summed E-state index contributed by atoms with van der Waals surface area (Å²) in [5.74, 6) is -0.960. The number of esters is 1. The van der Waals surface area contributed by atoms with Gasteiger partial charge in [-0.3, -0.25) is 14.4 Å². The maximum Gasteiger partial charge on any atom is 0.302 e. The molecular formula is C18H18N2O5. The summed E-state index contributed by atoms with van der Waals surface area (Å²) < 4.78 is 9.93. The number of furan rings is 1. The highest BCUT2D eigenvalue weighted by molar-refractivity contribution is 6.05. The lowest BCUT2D eigenvalue weighted by Crippen LogP contribution is -2.36. The molecule has 130 valence electrons. The van der Waals surface area contributed by atoms with E-state index in [9.17, 15) is 14.4 Å². The van der Waals surface area contributed by atoms with E-state index in [0.717, 1.165) is 0 Å². The van der Waals surface area contributed by atoms with Crippen molar-refractivity contribution in [3.63, 3.8) is 0 Å². The van der Waals surface area contributed by atoms with Crippen LogP contribution in [0.4, 0.5) is 0 Å². The van der Waals surface area contributed by atoms with Crippen LogP contribution in [0.15, 0.2) is 58.8 Å². The van der Waals surface area contributed by atoms with Crippen LogP contribution in [0.3, 0.4) is 0 Å². The number of nitrogens with one attached hydrogen (secondary N) is 2. The molecule has 0 aliphatic carbocycles. The van der Waals surface area contributed by atoms with E-state index in [1.165, 1.54) is 19.3 Å². The fraction of sp³-hybridized carbons (Fsp3) is 0.167. The van der Waals surface area contributed by atoms with Crippen molar-refractivity contribution in [2.24, 2.45) is 0 Å². The SMILES string of the molecule is CC(=O)OCCNC(=O)/C(=C/c1ccco1)NC(=O)c1ccccc1. The van der Waals surface area contributed by atoms with E-state index >= 15 is 0 Å². The van der Waals surface area contributed by atoms with Gasteiger partial charge in [0.25, 0.3) is 11.8 Å². The minimum atomic E-state index is -0.521. The second-order valence-electron chi connectivity index (χ2n) is 4.99. The summed E-state index contributed by atoms with van der Waals surface area (Å²) in [5.41, 5.74) is 0.437. The van der Waals surface area contributed by atoms with Crippen LogP contribution in [0.25, 0.3) is 6.08 Å². The highest BCUT2D eigenvalue weighted by Gasteiger charge is 2.15. The van der Waals surface area contributed by atoms with Gasteiger partial charge in [0.15, 0.2) is 0 Å². The third-order valence-corrected chi connectivity index (χ3v) is 3.05. The summed E-state index contributed by atoms with van der Waals surface area (Å²) in [6, 6.07) is 11.8. The van der Waals surface area contributed by atoms with E-state index in [4.69, 9.17) is 9.15 Å². The maximum absolute atomic E-state index is 12.3. The quantitative estimate of drug-likeness (QED) is 0.454. The fourth-order valence-electron chi connectivity index (χ4n) is 1.91. The molecule has 2 aromatic rings. The third kappa shape index (κ3) is 5.98. The highest BCUT2D eigenvalue weighted by Crippen LogP contribution is 2.07. The van der Waals surface area contributed by atoms with Gasteiger partial charge in [0.1, 0.15) is 18.1 Å². The van der Waals surface area contributed by atoms with Gasteiger partial charge in [-0.1, -0.05) is 18.2 Å². The lowest BCUT2D eigenvalue weighted by molar-refractivity contribution is -0.141. The molecule has 0 unspecified atom stereocenters. The molecule has 0 spiro atoms. The summed E-state index contributed by atoms with van der Waals surface area (Å²) in [6.45, 7) is 1.45. The van der Waals surface area contributed by atoms with Crippen molar-refractivity contribution in [3.05, 3.63) is 65.7 Å². The van der Waals surface area contributed by atoms with Crippen LogP contribution in [0, 0.1) is 0 Å². The molecule has 1 aromatic heterocycles. The summed E-state index contributed by atoms with van der Waals surface area (Å²) in [5, 5.41) is 5.13. The molecule has 1 aromatic carbocycles. The number of carbonyl (C=O) groups excluding carboxylic acids is 3. The van der Waals surface area contributed by atoms with Crippen LogP contribution in [0.2, 0.25) is 0 Å². The second kappa shape index (κ2) is 9.07. The van der Waals surface area contributed by atoms with Gasteiger partial charge in [-0.05, 0) is 24.3 Å². The molecular weight excluding hydrogens is 324 g/mol. The van der Waals surface area contributed by atoms with Gasteiger partial charge in [0.2, 0.25) is 0 Å². The highest BCUT2D eigenvalue weighted by atomic mass is 16.5. The molecule has 0 bridgehead atoms. The lowest BCUT2D eigenvalue weighted by Gasteiger charge is -2.10. The van der Waals surface area contributed by atoms with Gasteiger partial charge in [0, 0.05) is 18.6 Å². The maximum atomic E-state index is 12.3. The predicted molar refractivity (Wildman–Crippen MR) is 90.2 cm³/mol. The van der Waals surface area contributed by atoms with Crippen molar-refractivity contribution in [3.8, 4) is 0 Å². The molecule has 0 saturated carbocycles. The Morgan fingerprint density at radius 1 is 1.12 bits per heavy atom. The molecule has 2 N–H and O–H groups in total. The molecule has 0 aliphatic heterocycles. The summed E-state index contributed by atoms with van der Waals surface area (Å²) in [7, 11) is 0. The Balaban J connectivity index is 2.07. The number of carbonyl (C=O) groups is 3. The minimum absolute atomic E-state index is 0.0200. The van der Waals surface area contributed by atoms with Gasteiger partial charge in [-0.25, -0.2) is 0 Å². The van der Waals surface area contributed by atoms with Crippen molar-refractivity contribution in [2.45, 2.75) is 6.92 Å². The number of amides is 2. The van der Waals surface area contributed by atoms with Gasteiger partial charge >= 0.3 is 5.97 Å². The van der Waals surface area contributed by atoms with Gasteiger partial charge < -0.3 is 19.8 Å². The average molecular weight is 342 g/mol. The molecule has 2 amide bonds. The molecule has 1 heterocycles. The Hall–Kier alpha value is -3.35. The van der Waals surface area contributed by atoms with Gasteiger partial charge in [0.05, 0.1) is 12.8 Å². The Bertz CT molecular complexity index is 751. The predicted octanol–water partition coefficient (Wildman–Crippen LogP) is 1.73. The zero-order chi connectivity index (χ0) is 18.1. The summed E-state index contributed by atoms with van der Waals surface area (Å²) in [4.78, 5) is 35.3.